The molecule has 21 heavy (non-hydrogen) atoms. The van der Waals surface area contributed by atoms with Crippen molar-refractivity contribution in [2.24, 2.45) is 0 Å². The van der Waals surface area contributed by atoms with E-state index < -0.39 is 0 Å². The zero-order valence-corrected chi connectivity index (χ0v) is 12.6. The maximum Gasteiger partial charge on any atom is 0.259 e. The average Bonchev–Trinajstić information content (AvgIpc) is 2.43. The van der Waals surface area contributed by atoms with Gasteiger partial charge in [-0.3, -0.25) is 4.79 Å². The molecule has 0 bridgehead atoms. The highest BCUT2D eigenvalue weighted by atomic mass is 16.5. The Morgan fingerprint density at radius 1 is 1.19 bits per heavy atom. The zero-order valence-electron chi connectivity index (χ0n) is 12.6. The van der Waals surface area contributed by atoms with Crippen molar-refractivity contribution in [2.75, 3.05) is 17.7 Å². The second-order valence-electron chi connectivity index (χ2n) is 4.91. The fourth-order valence-electron chi connectivity index (χ4n) is 2.31. The molecule has 0 saturated carbocycles. The topological polar surface area (TPSA) is 64.3 Å². The van der Waals surface area contributed by atoms with Crippen molar-refractivity contribution in [1.82, 2.24) is 0 Å². The third-order valence-corrected chi connectivity index (χ3v) is 3.23. The molecule has 0 aliphatic rings. The summed E-state index contributed by atoms with van der Waals surface area (Å²) < 4.78 is 5.49. The van der Waals surface area contributed by atoms with E-state index in [2.05, 4.69) is 5.32 Å². The number of aryl methyl sites for hydroxylation is 2. The predicted octanol–water partition coefficient (Wildman–Crippen LogP) is 3.54. The lowest BCUT2D eigenvalue weighted by Gasteiger charge is -2.14. The van der Waals surface area contributed by atoms with Crippen molar-refractivity contribution in [3.05, 3.63) is 53.1 Å². The lowest BCUT2D eigenvalue weighted by atomic mass is 10.1. The van der Waals surface area contributed by atoms with Gasteiger partial charge in [-0.15, -0.1) is 0 Å². The van der Waals surface area contributed by atoms with Crippen molar-refractivity contribution >= 4 is 17.3 Å². The minimum Gasteiger partial charge on any atom is -0.493 e. The van der Waals surface area contributed by atoms with Crippen LogP contribution in [0.3, 0.4) is 0 Å². The third-order valence-electron chi connectivity index (χ3n) is 3.23. The van der Waals surface area contributed by atoms with Gasteiger partial charge in [0, 0.05) is 11.4 Å². The Morgan fingerprint density at radius 3 is 2.43 bits per heavy atom. The Morgan fingerprint density at radius 2 is 1.81 bits per heavy atom. The van der Waals surface area contributed by atoms with Crippen molar-refractivity contribution in [2.45, 2.75) is 20.8 Å². The van der Waals surface area contributed by atoms with E-state index in [0.29, 0.717) is 23.6 Å². The first-order chi connectivity index (χ1) is 10.0. The molecule has 0 heterocycles. The molecule has 0 spiro atoms. The van der Waals surface area contributed by atoms with E-state index in [1.807, 2.05) is 45.0 Å². The molecule has 0 aliphatic carbocycles. The number of hydrogen-bond donors (Lipinski definition) is 2. The highest BCUT2D eigenvalue weighted by Gasteiger charge is 2.14. The molecule has 4 heteroatoms. The fourth-order valence-corrected chi connectivity index (χ4v) is 2.31. The number of ether oxygens (including phenoxy) is 1. The number of benzene rings is 2. The molecule has 4 nitrogen and oxygen atoms in total. The first-order valence-corrected chi connectivity index (χ1v) is 6.92. The summed E-state index contributed by atoms with van der Waals surface area (Å²) in [6, 6.07) is 10.9. The van der Waals surface area contributed by atoms with Gasteiger partial charge in [-0.1, -0.05) is 12.1 Å². The van der Waals surface area contributed by atoms with Gasteiger partial charge in [-0.2, -0.15) is 0 Å². The summed E-state index contributed by atoms with van der Waals surface area (Å²) in [7, 11) is 0. The van der Waals surface area contributed by atoms with Crippen LogP contribution in [-0.2, 0) is 0 Å². The van der Waals surface area contributed by atoms with Crippen LogP contribution < -0.4 is 15.8 Å². The minimum atomic E-state index is -0.185. The fraction of sp³-hybridized carbons (Fsp3) is 0.235. The average molecular weight is 284 g/mol. The van der Waals surface area contributed by atoms with Gasteiger partial charge < -0.3 is 15.8 Å². The van der Waals surface area contributed by atoms with Crippen LogP contribution in [0.25, 0.3) is 0 Å². The summed E-state index contributed by atoms with van der Waals surface area (Å²) in [5, 5.41) is 2.95. The first-order valence-electron chi connectivity index (χ1n) is 6.92. The minimum absolute atomic E-state index is 0.185. The molecule has 0 saturated heterocycles. The van der Waals surface area contributed by atoms with Crippen LogP contribution in [0.15, 0.2) is 36.4 Å². The Balaban J connectivity index is 2.31. The molecule has 0 unspecified atom stereocenters. The Bertz CT molecular complexity index is 643. The lowest BCUT2D eigenvalue weighted by molar-refractivity contribution is 0.102. The molecule has 3 N–H and O–H groups in total. The van der Waals surface area contributed by atoms with Crippen LogP contribution in [0.1, 0.15) is 28.4 Å². The summed E-state index contributed by atoms with van der Waals surface area (Å²) in [4.78, 5) is 12.5. The van der Waals surface area contributed by atoms with Crippen LogP contribution in [-0.4, -0.2) is 12.5 Å². The Hall–Kier alpha value is -2.49. The SMILES string of the molecule is CCOc1ccccc1C(=O)Nc1c(C)cc(N)cc1C. The molecule has 0 atom stereocenters. The van der Waals surface area contributed by atoms with Crippen molar-refractivity contribution < 1.29 is 9.53 Å². The van der Waals surface area contributed by atoms with Crippen LogP contribution in [0.5, 0.6) is 5.75 Å². The van der Waals surface area contributed by atoms with E-state index in [1.54, 1.807) is 12.1 Å². The van der Waals surface area contributed by atoms with E-state index in [9.17, 15) is 4.79 Å². The molecule has 0 radical (unpaired) electrons. The highest BCUT2D eigenvalue weighted by molar-refractivity contribution is 6.07. The summed E-state index contributed by atoms with van der Waals surface area (Å²) in [5.74, 6) is 0.401. The maximum atomic E-state index is 12.5. The van der Waals surface area contributed by atoms with Crippen LogP contribution >= 0.6 is 0 Å². The number of hydrogen-bond acceptors (Lipinski definition) is 3. The number of anilines is 2. The maximum absolute atomic E-state index is 12.5. The van der Waals surface area contributed by atoms with Crippen molar-refractivity contribution in [1.29, 1.82) is 0 Å². The number of rotatable bonds is 4. The van der Waals surface area contributed by atoms with Gasteiger partial charge in [0.05, 0.1) is 12.2 Å². The third kappa shape index (κ3) is 3.34. The number of nitrogens with two attached hydrogens (primary N) is 1. The van der Waals surface area contributed by atoms with E-state index in [4.69, 9.17) is 10.5 Å². The van der Waals surface area contributed by atoms with E-state index in [0.717, 1.165) is 16.8 Å². The summed E-state index contributed by atoms with van der Waals surface area (Å²) in [5.41, 5.74) is 9.69. The molecule has 110 valence electrons. The molecule has 2 aromatic rings. The van der Waals surface area contributed by atoms with E-state index in [-0.39, 0.29) is 5.91 Å². The summed E-state index contributed by atoms with van der Waals surface area (Å²) in [6.07, 6.45) is 0. The van der Waals surface area contributed by atoms with Gasteiger partial charge in [0.2, 0.25) is 0 Å². The van der Waals surface area contributed by atoms with Crippen LogP contribution in [0.2, 0.25) is 0 Å². The molecule has 1 amide bonds. The second kappa shape index (κ2) is 6.31. The smallest absolute Gasteiger partial charge is 0.259 e. The second-order valence-corrected chi connectivity index (χ2v) is 4.91. The normalized spacial score (nSPS) is 10.2. The van der Waals surface area contributed by atoms with E-state index >= 15 is 0 Å². The Labute approximate surface area is 124 Å². The molecule has 0 aromatic heterocycles. The zero-order chi connectivity index (χ0) is 15.4. The number of amides is 1. The van der Waals surface area contributed by atoms with Crippen molar-refractivity contribution in [3.63, 3.8) is 0 Å². The number of nitrogens with one attached hydrogen (secondary N) is 1. The molecular formula is C17H20N2O2. The number of para-hydroxylation sites is 1. The van der Waals surface area contributed by atoms with Gasteiger partial charge in [0.25, 0.3) is 5.91 Å². The quantitative estimate of drug-likeness (QED) is 0.844. The van der Waals surface area contributed by atoms with E-state index in [1.165, 1.54) is 0 Å². The Kier molecular flexibility index (Phi) is 4.48. The van der Waals surface area contributed by atoms with Gasteiger partial charge in [0.1, 0.15) is 5.75 Å². The lowest BCUT2D eigenvalue weighted by Crippen LogP contribution is -2.15. The molecule has 2 aromatic carbocycles. The number of nitrogen functional groups attached to an aromatic ring is 1. The highest BCUT2D eigenvalue weighted by Crippen LogP contribution is 2.25. The summed E-state index contributed by atoms with van der Waals surface area (Å²) in [6.45, 7) is 6.26. The van der Waals surface area contributed by atoms with Gasteiger partial charge in [-0.25, -0.2) is 0 Å². The predicted molar refractivity (Wildman–Crippen MR) is 85.9 cm³/mol. The molecule has 2 rings (SSSR count). The summed E-state index contributed by atoms with van der Waals surface area (Å²) >= 11 is 0. The molecular weight excluding hydrogens is 264 g/mol. The largest absolute Gasteiger partial charge is 0.493 e. The molecule has 0 aliphatic heterocycles. The van der Waals surface area contributed by atoms with Crippen molar-refractivity contribution in [3.8, 4) is 5.75 Å². The van der Waals surface area contributed by atoms with Gasteiger partial charge in [-0.05, 0) is 56.2 Å². The van der Waals surface area contributed by atoms with Crippen LogP contribution in [0.4, 0.5) is 11.4 Å². The molecule has 0 fully saturated rings. The first kappa shape index (κ1) is 14.9. The monoisotopic (exact) mass is 284 g/mol. The van der Waals surface area contributed by atoms with Crippen LogP contribution in [0, 0.1) is 13.8 Å². The van der Waals surface area contributed by atoms with Gasteiger partial charge >= 0.3 is 0 Å². The van der Waals surface area contributed by atoms with Gasteiger partial charge in [0.15, 0.2) is 0 Å². The number of carbonyl (C=O) groups is 1. The number of carbonyl (C=O) groups excluding carboxylic acids is 1. The standard InChI is InChI=1S/C17H20N2O2/c1-4-21-15-8-6-5-7-14(15)17(20)19-16-11(2)9-13(18)10-12(16)3/h5-10H,4,18H2,1-3H3,(H,19,20).